The Kier molecular flexibility index (Phi) is 11.0. The first-order valence-corrected chi connectivity index (χ1v) is 8.07. The Hall–Kier alpha value is 0.109. The van der Waals surface area contributed by atoms with Crippen molar-refractivity contribution in [3.05, 3.63) is 29.8 Å². The molecule has 0 amide bonds. The quantitative estimate of drug-likeness (QED) is 0.482. The SMILES string of the molecule is Cc1cc[c]([Sn][N](OCCO)OCCO)cc1.Cl. The van der Waals surface area contributed by atoms with Crippen LogP contribution in [0.15, 0.2) is 24.3 Å². The molecule has 102 valence electrons. The van der Waals surface area contributed by atoms with Crippen LogP contribution in [0.4, 0.5) is 0 Å². The predicted molar refractivity (Wildman–Crippen MR) is 71.7 cm³/mol. The molecular formula is C11H18ClNO4Sn. The molecule has 2 N–H and O–H groups in total. The van der Waals surface area contributed by atoms with Gasteiger partial charge in [-0.05, 0) is 0 Å². The third-order valence-electron chi connectivity index (χ3n) is 1.87. The molecule has 0 aliphatic rings. The molecule has 1 rings (SSSR count). The zero-order valence-corrected chi connectivity index (χ0v) is 13.9. The minimum Gasteiger partial charge on any atom is -0.147 e. The summed E-state index contributed by atoms with van der Waals surface area (Å²) in [4.78, 5) is 10.5. The third-order valence-corrected chi connectivity index (χ3v) is 4.82. The van der Waals surface area contributed by atoms with Gasteiger partial charge in [-0.1, -0.05) is 0 Å². The van der Waals surface area contributed by atoms with Gasteiger partial charge in [0.05, 0.1) is 0 Å². The Labute approximate surface area is 124 Å². The Morgan fingerprint density at radius 3 is 2.00 bits per heavy atom. The number of aryl methyl sites for hydroxylation is 1. The molecule has 5 nitrogen and oxygen atoms in total. The van der Waals surface area contributed by atoms with Crippen LogP contribution in [0, 0.1) is 6.92 Å². The summed E-state index contributed by atoms with van der Waals surface area (Å²) >= 11 is -1.19. The molecule has 2 radical (unpaired) electrons. The fourth-order valence-electron chi connectivity index (χ4n) is 1.08. The van der Waals surface area contributed by atoms with Crippen LogP contribution in [0.5, 0.6) is 0 Å². The summed E-state index contributed by atoms with van der Waals surface area (Å²) in [6.07, 6.45) is 0. The van der Waals surface area contributed by atoms with E-state index in [4.69, 9.17) is 19.9 Å². The van der Waals surface area contributed by atoms with Gasteiger partial charge in [-0.2, -0.15) is 0 Å². The van der Waals surface area contributed by atoms with Crippen molar-refractivity contribution in [2.75, 3.05) is 26.4 Å². The van der Waals surface area contributed by atoms with Crippen molar-refractivity contribution in [3.8, 4) is 0 Å². The fraction of sp³-hybridized carbons (Fsp3) is 0.455. The van der Waals surface area contributed by atoms with Gasteiger partial charge in [0.1, 0.15) is 0 Å². The molecule has 0 saturated heterocycles. The smallest absolute Gasteiger partial charge is 0.147 e. The summed E-state index contributed by atoms with van der Waals surface area (Å²) < 4.78 is 2.65. The number of aliphatic hydroxyl groups is 2. The van der Waals surface area contributed by atoms with Gasteiger partial charge in [-0.15, -0.1) is 12.4 Å². The Bertz CT molecular complexity index is 304. The van der Waals surface area contributed by atoms with Crippen LogP contribution < -0.4 is 3.58 Å². The number of hydrogen-bond donors (Lipinski definition) is 2. The average Bonchev–Trinajstić information content (AvgIpc) is 2.35. The number of aliphatic hydroxyl groups excluding tert-OH is 2. The summed E-state index contributed by atoms with van der Waals surface area (Å²) in [5.41, 5.74) is 1.22. The molecule has 18 heavy (non-hydrogen) atoms. The van der Waals surface area contributed by atoms with Gasteiger partial charge >= 0.3 is 112 Å². The van der Waals surface area contributed by atoms with E-state index in [1.165, 1.54) is 12.6 Å². The Balaban J connectivity index is 0.00000289. The second-order valence-corrected chi connectivity index (χ2v) is 6.68. The average molecular weight is 382 g/mol. The van der Waals surface area contributed by atoms with E-state index in [1.807, 2.05) is 19.1 Å². The maximum absolute atomic E-state index is 8.71. The second kappa shape index (κ2) is 11.0. The number of rotatable bonds is 8. The first-order valence-electron chi connectivity index (χ1n) is 5.37. The molecule has 0 spiro atoms. The van der Waals surface area contributed by atoms with Crippen molar-refractivity contribution in [2.24, 2.45) is 0 Å². The zero-order valence-electron chi connectivity index (χ0n) is 10.2. The van der Waals surface area contributed by atoms with Crippen LogP contribution in [0.3, 0.4) is 0 Å². The van der Waals surface area contributed by atoms with Crippen molar-refractivity contribution in [2.45, 2.75) is 6.92 Å². The number of benzene rings is 1. The van der Waals surface area contributed by atoms with Crippen LogP contribution >= 0.6 is 12.4 Å². The van der Waals surface area contributed by atoms with Gasteiger partial charge in [0.25, 0.3) is 0 Å². The molecule has 0 bridgehead atoms. The molecule has 0 atom stereocenters. The minimum atomic E-state index is -1.19. The van der Waals surface area contributed by atoms with Crippen molar-refractivity contribution in [1.29, 1.82) is 0 Å². The minimum absolute atomic E-state index is 0. The van der Waals surface area contributed by atoms with Crippen LogP contribution in [-0.4, -0.2) is 61.5 Å². The molecule has 0 aliphatic carbocycles. The fourth-order valence-corrected chi connectivity index (χ4v) is 3.48. The van der Waals surface area contributed by atoms with Gasteiger partial charge in [-0.25, -0.2) is 0 Å². The van der Waals surface area contributed by atoms with E-state index >= 15 is 0 Å². The monoisotopic (exact) mass is 383 g/mol. The van der Waals surface area contributed by atoms with Crippen molar-refractivity contribution in [3.63, 3.8) is 0 Å². The van der Waals surface area contributed by atoms with Crippen molar-refractivity contribution in [1.82, 2.24) is 3.45 Å². The zero-order chi connectivity index (χ0) is 12.5. The number of halogens is 1. The van der Waals surface area contributed by atoms with E-state index in [2.05, 4.69) is 12.1 Å². The van der Waals surface area contributed by atoms with Crippen LogP contribution in [-0.2, 0) is 9.68 Å². The molecular weight excluding hydrogens is 364 g/mol. The van der Waals surface area contributed by atoms with Crippen LogP contribution in [0.2, 0.25) is 0 Å². The maximum atomic E-state index is 8.71. The van der Waals surface area contributed by atoms with Crippen molar-refractivity contribution < 1.29 is 19.9 Å². The standard InChI is InChI=1S/C7H7.C4H10NO4.ClH.Sn/c1-7-5-3-2-4-6-7;6-1-3-8-5-9-4-2-7;;/h3-6H,1H3;6-7H,1-4H2;1H;/q;-1;;+1. The van der Waals surface area contributed by atoms with Crippen molar-refractivity contribution >= 4 is 37.4 Å². The molecule has 7 heteroatoms. The van der Waals surface area contributed by atoms with Gasteiger partial charge in [0.15, 0.2) is 0 Å². The topological polar surface area (TPSA) is 62.2 Å². The summed E-state index contributed by atoms with van der Waals surface area (Å²) in [5, 5.41) is 17.4. The van der Waals surface area contributed by atoms with Gasteiger partial charge in [0, 0.05) is 0 Å². The summed E-state index contributed by atoms with van der Waals surface area (Å²) in [6.45, 7) is 2.35. The third kappa shape index (κ3) is 7.52. The Morgan fingerprint density at radius 1 is 1.06 bits per heavy atom. The molecule has 0 heterocycles. The molecule has 0 fully saturated rings. The van der Waals surface area contributed by atoms with E-state index < -0.39 is 21.4 Å². The number of hydrogen-bond acceptors (Lipinski definition) is 5. The molecule has 0 unspecified atom stereocenters. The largest absolute Gasteiger partial charge is 0.147 e. The molecule has 1 aromatic carbocycles. The van der Waals surface area contributed by atoms with Gasteiger partial charge in [-0.3, -0.25) is 0 Å². The van der Waals surface area contributed by atoms with E-state index in [9.17, 15) is 0 Å². The molecule has 0 aliphatic heterocycles. The number of nitrogens with zero attached hydrogens (tertiary/aromatic N) is 1. The Morgan fingerprint density at radius 2 is 1.56 bits per heavy atom. The summed E-state index contributed by atoms with van der Waals surface area (Å²) in [5.74, 6) is 0. The molecule has 1 aromatic rings. The predicted octanol–water partition coefficient (Wildman–Crippen LogP) is -0.189. The van der Waals surface area contributed by atoms with Crippen LogP contribution in [0.1, 0.15) is 5.56 Å². The molecule has 0 saturated carbocycles. The van der Waals surface area contributed by atoms with E-state index in [1.54, 1.807) is 0 Å². The first kappa shape index (κ1) is 18.1. The summed E-state index contributed by atoms with van der Waals surface area (Å²) in [6, 6.07) is 8.21. The molecule has 0 aromatic heterocycles. The van der Waals surface area contributed by atoms with Gasteiger partial charge in [0.2, 0.25) is 0 Å². The van der Waals surface area contributed by atoms with E-state index in [0.717, 1.165) is 0 Å². The van der Waals surface area contributed by atoms with Gasteiger partial charge < -0.3 is 0 Å². The van der Waals surface area contributed by atoms with Crippen LogP contribution in [0.25, 0.3) is 0 Å². The normalized spacial score (nSPS) is 10.4. The first-order chi connectivity index (χ1) is 8.26. The second-order valence-electron chi connectivity index (χ2n) is 3.35. The van der Waals surface area contributed by atoms with E-state index in [-0.39, 0.29) is 38.8 Å². The summed E-state index contributed by atoms with van der Waals surface area (Å²) in [7, 11) is 0. The van der Waals surface area contributed by atoms with E-state index in [0.29, 0.717) is 0 Å². The maximum Gasteiger partial charge on any atom is -0.147 e.